The molecule has 1 heterocycles. The number of nitrogens with one attached hydrogen (secondary N) is 3. The SMILES string of the molecule is CN=C(NCCCNS(C)(=O)=O)NC1CCN(c2ccccc2Br)C1.I. The van der Waals surface area contributed by atoms with Gasteiger partial charge in [0.2, 0.25) is 10.0 Å². The number of nitrogens with zero attached hydrogens (tertiary/aromatic N) is 2. The van der Waals surface area contributed by atoms with E-state index in [0.717, 1.165) is 36.2 Å². The molecule has 0 aliphatic carbocycles. The molecule has 7 nitrogen and oxygen atoms in total. The van der Waals surface area contributed by atoms with Crippen LogP contribution in [0.4, 0.5) is 5.69 Å². The van der Waals surface area contributed by atoms with Gasteiger partial charge in [-0.3, -0.25) is 4.99 Å². The minimum atomic E-state index is -3.12. The Labute approximate surface area is 181 Å². The van der Waals surface area contributed by atoms with Gasteiger partial charge < -0.3 is 15.5 Å². The van der Waals surface area contributed by atoms with Crippen molar-refractivity contribution in [3.8, 4) is 0 Å². The van der Waals surface area contributed by atoms with Crippen molar-refractivity contribution in [2.24, 2.45) is 4.99 Å². The van der Waals surface area contributed by atoms with E-state index in [9.17, 15) is 8.42 Å². The average Bonchev–Trinajstić information content (AvgIpc) is 3.01. The van der Waals surface area contributed by atoms with Gasteiger partial charge in [-0.05, 0) is 40.9 Å². The molecule has 1 fully saturated rings. The van der Waals surface area contributed by atoms with Gasteiger partial charge in [0, 0.05) is 43.7 Å². The molecule has 0 radical (unpaired) electrons. The molecular weight excluding hydrogens is 533 g/mol. The summed E-state index contributed by atoms with van der Waals surface area (Å²) in [4.78, 5) is 6.59. The van der Waals surface area contributed by atoms with E-state index in [0.29, 0.717) is 25.6 Å². The van der Waals surface area contributed by atoms with E-state index >= 15 is 0 Å². The number of halogens is 2. The third kappa shape index (κ3) is 7.97. The zero-order valence-electron chi connectivity index (χ0n) is 15.0. The Morgan fingerprint density at radius 1 is 1.35 bits per heavy atom. The molecule has 1 aromatic rings. The van der Waals surface area contributed by atoms with E-state index in [1.807, 2.05) is 12.1 Å². The Kier molecular flexibility index (Phi) is 10.2. The monoisotopic (exact) mass is 559 g/mol. The number of hydrogen-bond acceptors (Lipinski definition) is 4. The highest BCUT2D eigenvalue weighted by Gasteiger charge is 2.24. The summed E-state index contributed by atoms with van der Waals surface area (Å²) in [5.41, 5.74) is 1.21. The number of benzene rings is 1. The van der Waals surface area contributed by atoms with E-state index in [2.05, 4.69) is 53.3 Å². The van der Waals surface area contributed by atoms with E-state index in [1.54, 1.807) is 7.05 Å². The lowest BCUT2D eigenvalue weighted by Crippen LogP contribution is -2.45. The maximum Gasteiger partial charge on any atom is 0.208 e. The van der Waals surface area contributed by atoms with Crippen LogP contribution in [0.3, 0.4) is 0 Å². The fourth-order valence-corrected chi connectivity index (χ4v) is 3.80. The smallest absolute Gasteiger partial charge is 0.208 e. The minimum absolute atomic E-state index is 0. The van der Waals surface area contributed by atoms with E-state index in [-0.39, 0.29) is 24.0 Å². The van der Waals surface area contributed by atoms with Crippen molar-refractivity contribution in [1.82, 2.24) is 15.4 Å². The summed E-state index contributed by atoms with van der Waals surface area (Å²) in [7, 11) is -1.38. The van der Waals surface area contributed by atoms with Crippen molar-refractivity contribution >= 4 is 61.6 Å². The van der Waals surface area contributed by atoms with Crippen LogP contribution in [0.25, 0.3) is 0 Å². The molecule has 1 atom stereocenters. The predicted octanol–water partition coefficient (Wildman–Crippen LogP) is 1.75. The average molecular weight is 560 g/mol. The van der Waals surface area contributed by atoms with Gasteiger partial charge in [0.05, 0.1) is 11.9 Å². The maximum absolute atomic E-state index is 11.0. The van der Waals surface area contributed by atoms with Crippen LogP contribution >= 0.6 is 39.9 Å². The quantitative estimate of drug-likeness (QED) is 0.205. The predicted molar refractivity (Wildman–Crippen MR) is 122 cm³/mol. The van der Waals surface area contributed by atoms with Crippen LogP contribution < -0.4 is 20.3 Å². The second kappa shape index (κ2) is 11.3. The molecule has 0 amide bonds. The number of anilines is 1. The second-order valence-corrected chi connectivity index (χ2v) is 8.73. The van der Waals surface area contributed by atoms with Gasteiger partial charge in [0.25, 0.3) is 0 Å². The summed E-state index contributed by atoms with van der Waals surface area (Å²) in [5.74, 6) is 0.748. The number of guanidine groups is 1. The van der Waals surface area contributed by atoms with Crippen LogP contribution in [0, 0.1) is 0 Å². The Bertz CT molecular complexity index is 702. The summed E-state index contributed by atoms with van der Waals surface area (Å²) in [6.45, 7) is 2.99. The summed E-state index contributed by atoms with van der Waals surface area (Å²) < 4.78 is 25.6. The molecule has 0 aromatic heterocycles. The summed E-state index contributed by atoms with van der Waals surface area (Å²) in [6.07, 6.45) is 2.90. The molecule has 10 heteroatoms. The number of para-hydroxylation sites is 1. The molecule has 26 heavy (non-hydrogen) atoms. The highest BCUT2D eigenvalue weighted by Crippen LogP contribution is 2.28. The van der Waals surface area contributed by atoms with Crippen LogP contribution in [-0.4, -0.2) is 59.9 Å². The number of rotatable bonds is 7. The van der Waals surface area contributed by atoms with Crippen LogP contribution in [0.5, 0.6) is 0 Å². The fourth-order valence-electron chi connectivity index (χ4n) is 2.75. The number of sulfonamides is 1. The Morgan fingerprint density at radius 3 is 2.73 bits per heavy atom. The van der Waals surface area contributed by atoms with Gasteiger partial charge in [-0.25, -0.2) is 13.1 Å². The molecule has 2 rings (SSSR count). The van der Waals surface area contributed by atoms with Crippen LogP contribution in [0.2, 0.25) is 0 Å². The molecular formula is C16H27BrIN5O2S. The molecule has 1 aliphatic rings. The van der Waals surface area contributed by atoms with Crippen molar-refractivity contribution in [1.29, 1.82) is 0 Å². The van der Waals surface area contributed by atoms with Gasteiger partial charge >= 0.3 is 0 Å². The number of hydrogen-bond donors (Lipinski definition) is 3. The Hall–Kier alpha value is -0.590. The van der Waals surface area contributed by atoms with Crippen LogP contribution in [0.1, 0.15) is 12.8 Å². The highest BCUT2D eigenvalue weighted by molar-refractivity contribution is 14.0. The lowest BCUT2D eigenvalue weighted by Gasteiger charge is -2.21. The van der Waals surface area contributed by atoms with Crippen molar-refractivity contribution in [2.75, 3.05) is 44.4 Å². The minimum Gasteiger partial charge on any atom is -0.368 e. The molecule has 0 saturated carbocycles. The van der Waals surface area contributed by atoms with Crippen molar-refractivity contribution < 1.29 is 8.42 Å². The second-order valence-electron chi connectivity index (χ2n) is 6.05. The first-order valence-electron chi connectivity index (χ1n) is 8.30. The first kappa shape index (κ1) is 23.4. The molecule has 3 N–H and O–H groups in total. The highest BCUT2D eigenvalue weighted by atomic mass is 127. The molecule has 1 aromatic carbocycles. The van der Waals surface area contributed by atoms with Gasteiger partial charge in [0.15, 0.2) is 5.96 Å². The molecule has 1 saturated heterocycles. The van der Waals surface area contributed by atoms with Gasteiger partial charge in [-0.1, -0.05) is 12.1 Å². The lowest BCUT2D eigenvalue weighted by atomic mass is 10.2. The topological polar surface area (TPSA) is 85.8 Å². The van der Waals surface area contributed by atoms with Crippen molar-refractivity contribution in [3.05, 3.63) is 28.7 Å². The number of aliphatic imine (C=N–C) groups is 1. The van der Waals surface area contributed by atoms with Gasteiger partial charge in [-0.2, -0.15) is 0 Å². The third-order valence-corrected chi connectivity index (χ3v) is 5.36. The van der Waals surface area contributed by atoms with Crippen molar-refractivity contribution in [3.63, 3.8) is 0 Å². The largest absolute Gasteiger partial charge is 0.368 e. The summed E-state index contributed by atoms with van der Waals surface area (Å²) >= 11 is 3.61. The first-order valence-corrected chi connectivity index (χ1v) is 11.0. The summed E-state index contributed by atoms with van der Waals surface area (Å²) in [6, 6.07) is 8.57. The molecule has 148 valence electrons. The van der Waals surface area contributed by atoms with Gasteiger partial charge in [0.1, 0.15) is 0 Å². The Balaban J connectivity index is 0.00000338. The van der Waals surface area contributed by atoms with Crippen LogP contribution in [-0.2, 0) is 10.0 Å². The zero-order chi connectivity index (χ0) is 18.3. The molecule has 0 bridgehead atoms. The van der Waals surface area contributed by atoms with E-state index in [1.165, 1.54) is 5.69 Å². The third-order valence-electron chi connectivity index (χ3n) is 3.96. The fraction of sp³-hybridized carbons (Fsp3) is 0.562. The molecule has 1 unspecified atom stereocenters. The lowest BCUT2D eigenvalue weighted by molar-refractivity contribution is 0.583. The van der Waals surface area contributed by atoms with E-state index in [4.69, 9.17) is 0 Å². The molecule has 0 spiro atoms. The van der Waals surface area contributed by atoms with E-state index < -0.39 is 10.0 Å². The zero-order valence-corrected chi connectivity index (χ0v) is 19.8. The molecule has 1 aliphatic heterocycles. The normalized spacial score (nSPS) is 17.7. The van der Waals surface area contributed by atoms with Crippen LogP contribution in [0.15, 0.2) is 33.7 Å². The Morgan fingerprint density at radius 2 is 2.08 bits per heavy atom. The van der Waals surface area contributed by atoms with Gasteiger partial charge in [-0.15, -0.1) is 24.0 Å². The maximum atomic E-state index is 11.0. The first-order chi connectivity index (χ1) is 11.9. The summed E-state index contributed by atoms with van der Waals surface area (Å²) in [5, 5.41) is 6.66. The standard InChI is InChI=1S/C16H26BrN5O2S.HI/c1-18-16(19-9-5-10-20-25(2,23)24)21-13-8-11-22(12-13)15-7-4-3-6-14(15)17;/h3-4,6-7,13,20H,5,8-12H2,1-2H3,(H2,18,19,21);1H. The van der Waals surface area contributed by atoms with Crippen molar-refractivity contribution in [2.45, 2.75) is 18.9 Å².